The van der Waals surface area contributed by atoms with E-state index in [2.05, 4.69) is 49.9 Å². The van der Waals surface area contributed by atoms with Crippen LogP contribution in [0.1, 0.15) is 11.1 Å². The van der Waals surface area contributed by atoms with Gasteiger partial charge in [0.05, 0.1) is 12.3 Å². The molecule has 2 rings (SSSR count). The monoisotopic (exact) mass is 383 g/mol. The van der Waals surface area contributed by atoms with Crippen molar-refractivity contribution in [1.29, 1.82) is 0 Å². The third-order valence-corrected chi connectivity index (χ3v) is 4.38. The van der Waals surface area contributed by atoms with E-state index in [4.69, 9.17) is 5.11 Å². The summed E-state index contributed by atoms with van der Waals surface area (Å²) in [7, 11) is 2.05. The van der Waals surface area contributed by atoms with Crippen molar-refractivity contribution in [2.45, 2.75) is 13.2 Å². The first-order valence-corrected chi connectivity index (χ1v) is 7.54. The molecule has 0 fully saturated rings. The highest BCUT2D eigenvalue weighted by molar-refractivity contribution is 9.11. The van der Waals surface area contributed by atoms with Crippen LogP contribution in [0.2, 0.25) is 0 Å². The molecule has 0 aliphatic carbocycles. The van der Waals surface area contributed by atoms with E-state index in [0.29, 0.717) is 0 Å². The smallest absolute Gasteiger partial charge is 0.0682 e. The Labute approximate surface area is 130 Å². The predicted molar refractivity (Wildman–Crippen MR) is 86.3 cm³/mol. The highest BCUT2D eigenvalue weighted by atomic mass is 79.9. The number of halogens is 2. The first-order valence-electron chi connectivity index (χ1n) is 5.95. The highest BCUT2D eigenvalue weighted by Gasteiger charge is 2.08. The van der Waals surface area contributed by atoms with E-state index in [0.717, 1.165) is 26.7 Å². The molecule has 4 heteroatoms. The van der Waals surface area contributed by atoms with E-state index in [1.165, 1.54) is 5.56 Å². The van der Waals surface area contributed by atoms with Crippen molar-refractivity contribution in [2.75, 3.05) is 11.9 Å². The van der Waals surface area contributed by atoms with Crippen LogP contribution in [0, 0.1) is 0 Å². The van der Waals surface area contributed by atoms with Gasteiger partial charge in [-0.3, -0.25) is 0 Å². The van der Waals surface area contributed by atoms with E-state index in [1.807, 2.05) is 36.4 Å². The van der Waals surface area contributed by atoms with Gasteiger partial charge < -0.3 is 10.0 Å². The molecule has 0 aliphatic heterocycles. The average molecular weight is 385 g/mol. The standard InChI is InChI=1S/C15H15Br2NO/c1-18(9-12-4-2-3-5-13(12)16)15-7-6-11(10-19)8-14(15)17/h2-8,19H,9-10H2,1H3. The summed E-state index contributed by atoms with van der Waals surface area (Å²) in [6, 6.07) is 14.1. The molecule has 0 aliphatic rings. The molecule has 2 nitrogen and oxygen atoms in total. The van der Waals surface area contributed by atoms with Gasteiger partial charge in [-0.05, 0) is 45.3 Å². The maximum Gasteiger partial charge on any atom is 0.0682 e. The minimum atomic E-state index is 0.0623. The van der Waals surface area contributed by atoms with Gasteiger partial charge in [-0.25, -0.2) is 0 Å². The van der Waals surface area contributed by atoms with Crippen molar-refractivity contribution < 1.29 is 5.11 Å². The van der Waals surface area contributed by atoms with Crippen LogP contribution < -0.4 is 4.90 Å². The Balaban J connectivity index is 2.21. The summed E-state index contributed by atoms with van der Waals surface area (Å²) in [6.45, 7) is 0.880. The van der Waals surface area contributed by atoms with Crippen molar-refractivity contribution in [3.05, 3.63) is 62.5 Å². The molecule has 100 valence electrons. The second-order valence-corrected chi connectivity index (χ2v) is 6.10. The number of benzene rings is 2. The topological polar surface area (TPSA) is 23.5 Å². The number of anilines is 1. The van der Waals surface area contributed by atoms with Crippen LogP contribution in [0.25, 0.3) is 0 Å². The average Bonchev–Trinajstić information content (AvgIpc) is 2.41. The molecule has 2 aromatic rings. The van der Waals surface area contributed by atoms with Crippen LogP contribution in [0.5, 0.6) is 0 Å². The summed E-state index contributed by atoms with van der Waals surface area (Å²) in [5, 5.41) is 9.12. The van der Waals surface area contributed by atoms with Gasteiger partial charge >= 0.3 is 0 Å². The van der Waals surface area contributed by atoms with E-state index in [1.54, 1.807) is 0 Å². The normalized spacial score (nSPS) is 10.5. The molecule has 0 unspecified atom stereocenters. The second kappa shape index (κ2) is 6.55. The second-order valence-electron chi connectivity index (χ2n) is 4.39. The Kier molecular flexibility index (Phi) is 5.02. The van der Waals surface area contributed by atoms with Crippen molar-refractivity contribution in [2.24, 2.45) is 0 Å². The summed E-state index contributed by atoms with van der Waals surface area (Å²) in [6.07, 6.45) is 0. The Morgan fingerprint density at radius 2 is 1.79 bits per heavy atom. The molecule has 1 N–H and O–H groups in total. The fourth-order valence-electron chi connectivity index (χ4n) is 1.93. The zero-order chi connectivity index (χ0) is 13.8. The maximum atomic E-state index is 9.12. The van der Waals surface area contributed by atoms with Crippen LogP contribution in [0.3, 0.4) is 0 Å². The molecule has 0 radical (unpaired) electrons. The minimum absolute atomic E-state index is 0.0623. The first-order chi connectivity index (χ1) is 9.11. The van der Waals surface area contributed by atoms with Gasteiger partial charge in [-0.2, -0.15) is 0 Å². The number of hydrogen-bond donors (Lipinski definition) is 1. The van der Waals surface area contributed by atoms with Crippen molar-refractivity contribution in [1.82, 2.24) is 0 Å². The lowest BCUT2D eigenvalue weighted by Gasteiger charge is -2.22. The molecule has 0 aromatic heterocycles. The highest BCUT2D eigenvalue weighted by Crippen LogP contribution is 2.28. The molecule has 0 atom stereocenters. The van der Waals surface area contributed by atoms with Crippen LogP contribution in [0.4, 0.5) is 5.69 Å². The maximum absolute atomic E-state index is 9.12. The molecule has 0 bridgehead atoms. The predicted octanol–water partition coefficient (Wildman–Crippen LogP) is 4.34. The minimum Gasteiger partial charge on any atom is -0.392 e. The third-order valence-electron chi connectivity index (χ3n) is 2.97. The fraction of sp³-hybridized carbons (Fsp3) is 0.200. The van der Waals surface area contributed by atoms with Gasteiger partial charge in [0.1, 0.15) is 0 Å². The van der Waals surface area contributed by atoms with Gasteiger partial charge in [0.15, 0.2) is 0 Å². The lowest BCUT2D eigenvalue weighted by Crippen LogP contribution is -2.17. The van der Waals surface area contributed by atoms with Crippen molar-refractivity contribution in [3.8, 4) is 0 Å². The summed E-state index contributed by atoms with van der Waals surface area (Å²) >= 11 is 7.12. The number of rotatable bonds is 4. The molecule has 0 saturated heterocycles. The van der Waals surface area contributed by atoms with Crippen LogP contribution in [-0.4, -0.2) is 12.2 Å². The number of nitrogens with zero attached hydrogens (tertiary/aromatic N) is 1. The van der Waals surface area contributed by atoms with E-state index in [9.17, 15) is 0 Å². The van der Waals surface area contributed by atoms with Gasteiger partial charge in [0.25, 0.3) is 0 Å². The van der Waals surface area contributed by atoms with Gasteiger partial charge in [0.2, 0.25) is 0 Å². The SMILES string of the molecule is CN(Cc1ccccc1Br)c1ccc(CO)cc1Br. The van der Waals surface area contributed by atoms with Crippen LogP contribution in [0.15, 0.2) is 51.4 Å². The van der Waals surface area contributed by atoms with E-state index < -0.39 is 0 Å². The molecular weight excluding hydrogens is 370 g/mol. The Morgan fingerprint density at radius 1 is 1.05 bits per heavy atom. The van der Waals surface area contributed by atoms with Crippen molar-refractivity contribution >= 4 is 37.5 Å². The zero-order valence-corrected chi connectivity index (χ0v) is 13.8. The van der Waals surface area contributed by atoms with Gasteiger partial charge in [-0.1, -0.05) is 40.2 Å². The van der Waals surface area contributed by atoms with Crippen LogP contribution in [-0.2, 0) is 13.2 Å². The van der Waals surface area contributed by atoms with E-state index >= 15 is 0 Å². The van der Waals surface area contributed by atoms with Gasteiger partial charge in [-0.15, -0.1) is 0 Å². The number of aliphatic hydroxyl groups is 1. The van der Waals surface area contributed by atoms with E-state index in [-0.39, 0.29) is 6.61 Å². The zero-order valence-electron chi connectivity index (χ0n) is 10.6. The van der Waals surface area contributed by atoms with Crippen molar-refractivity contribution in [3.63, 3.8) is 0 Å². The molecule has 0 amide bonds. The number of aliphatic hydroxyl groups excluding tert-OH is 1. The Bertz CT molecular complexity index is 572. The summed E-state index contributed by atoms with van der Waals surface area (Å²) in [4.78, 5) is 2.17. The third kappa shape index (κ3) is 3.59. The molecule has 0 saturated carbocycles. The lowest BCUT2D eigenvalue weighted by atomic mass is 10.2. The lowest BCUT2D eigenvalue weighted by molar-refractivity contribution is 0.282. The van der Waals surface area contributed by atoms with Gasteiger partial charge in [0, 0.05) is 22.5 Å². The molecule has 19 heavy (non-hydrogen) atoms. The summed E-state index contributed by atoms with van der Waals surface area (Å²) in [5.74, 6) is 0. The largest absolute Gasteiger partial charge is 0.392 e. The summed E-state index contributed by atoms with van der Waals surface area (Å²) < 4.78 is 2.11. The fourth-order valence-corrected chi connectivity index (χ4v) is 3.06. The number of hydrogen-bond acceptors (Lipinski definition) is 2. The Hall–Kier alpha value is -0.840. The van der Waals surface area contributed by atoms with Crippen LogP contribution >= 0.6 is 31.9 Å². The molecule has 0 spiro atoms. The molecule has 0 heterocycles. The summed E-state index contributed by atoms with van der Waals surface area (Å²) in [5.41, 5.74) is 3.25. The molecule has 2 aromatic carbocycles. The first kappa shape index (κ1) is 14.6. The quantitative estimate of drug-likeness (QED) is 0.847. The molecular formula is C15H15Br2NO. The Morgan fingerprint density at radius 3 is 2.42 bits per heavy atom.